The van der Waals surface area contributed by atoms with Gasteiger partial charge in [-0.2, -0.15) is 5.10 Å². The van der Waals surface area contributed by atoms with Crippen molar-refractivity contribution in [3.8, 4) is 11.1 Å². The third-order valence-corrected chi connectivity index (χ3v) is 4.48. The first-order chi connectivity index (χ1) is 11.8. The molecule has 1 aliphatic heterocycles. The van der Waals surface area contributed by atoms with Gasteiger partial charge in [-0.05, 0) is 41.0 Å². The molecule has 3 aromatic carbocycles. The van der Waals surface area contributed by atoms with E-state index in [4.69, 9.17) is 16.7 Å². The number of hydrazone groups is 1. The lowest BCUT2D eigenvalue weighted by Gasteiger charge is -2.14. The molecule has 4 rings (SSSR count). The number of rotatable bonds is 3. The first-order valence-corrected chi connectivity index (χ1v) is 8.44. The summed E-state index contributed by atoms with van der Waals surface area (Å²) in [5.41, 5.74) is 5.81. The average Bonchev–Trinajstić information content (AvgIpc) is 3.13. The molecule has 0 unspecified atom stereocenters. The van der Waals surface area contributed by atoms with Crippen molar-refractivity contribution in [2.24, 2.45) is 5.10 Å². The largest absolute Gasteiger partial charge is 0.265 e. The predicted molar refractivity (Wildman–Crippen MR) is 102 cm³/mol. The number of anilines is 1. The lowest BCUT2D eigenvalue weighted by Crippen LogP contribution is -2.11. The summed E-state index contributed by atoms with van der Waals surface area (Å²) in [7, 11) is 0. The fourth-order valence-electron chi connectivity index (χ4n) is 2.97. The number of benzene rings is 3. The van der Waals surface area contributed by atoms with Crippen molar-refractivity contribution in [3.05, 3.63) is 89.4 Å². The van der Waals surface area contributed by atoms with Gasteiger partial charge in [0.1, 0.15) is 0 Å². The van der Waals surface area contributed by atoms with Crippen molar-refractivity contribution in [1.82, 2.24) is 0 Å². The molecule has 3 heteroatoms. The van der Waals surface area contributed by atoms with Crippen molar-refractivity contribution in [1.29, 1.82) is 0 Å². The van der Waals surface area contributed by atoms with E-state index in [1.807, 2.05) is 30.3 Å². The molecule has 0 spiro atoms. The molecule has 3 aromatic rings. The minimum Gasteiger partial charge on any atom is -0.265 e. The Morgan fingerprint density at radius 3 is 2.29 bits per heavy atom. The molecular weight excluding hydrogens is 316 g/mol. The molecular formula is C21H17ClN2. The smallest absolute Gasteiger partial charge is 0.0700 e. The van der Waals surface area contributed by atoms with E-state index >= 15 is 0 Å². The Kier molecular flexibility index (Phi) is 4.06. The fraction of sp³-hybridized carbons (Fsp3) is 0.0952. The molecule has 0 aromatic heterocycles. The summed E-state index contributed by atoms with van der Waals surface area (Å²) >= 11 is 5.97. The third-order valence-electron chi connectivity index (χ3n) is 4.23. The Balaban J connectivity index is 1.62. The fourth-order valence-corrected chi connectivity index (χ4v) is 3.09. The number of halogens is 1. The van der Waals surface area contributed by atoms with E-state index < -0.39 is 0 Å². The van der Waals surface area contributed by atoms with Crippen molar-refractivity contribution in [3.63, 3.8) is 0 Å². The maximum atomic E-state index is 5.97. The Labute approximate surface area is 147 Å². The molecule has 0 saturated heterocycles. The maximum Gasteiger partial charge on any atom is 0.0700 e. The Hall–Kier alpha value is -2.58. The highest BCUT2D eigenvalue weighted by molar-refractivity contribution is 6.30. The van der Waals surface area contributed by atoms with Crippen LogP contribution in [-0.2, 0) is 0 Å². The second kappa shape index (κ2) is 6.50. The van der Waals surface area contributed by atoms with Crippen LogP contribution in [0.2, 0.25) is 5.02 Å². The van der Waals surface area contributed by atoms with Gasteiger partial charge in [-0.25, -0.2) is 0 Å². The second-order valence-corrected chi connectivity index (χ2v) is 6.28. The zero-order valence-corrected chi connectivity index (χ0v) is 13.9. The highest BCUT2D eigenvalue weighted by atomic mass is 35.5. The van der Waals surface area contributed by atoms with Crippen molar-refractivity contribution >= 4 is 23.0 Å². The molecule has 0 atom stereocenters. The van der Waals surface area contributed by atoms with Gasteiger partial charge >= 0.3 is 0 Å². The van der Waals surface area contributed by atoms with E-state index in [1.54, 1.807) is 0 Å². The van der Waals surface area contributed by atoms with E-state index in [1.165, 1.54) is 11.1 Å². The van der Waals surface area contributed by atoms with Crippen LogP contribution < -0.4 is 5.01 Å². The first kappa shape index (κ1) is 15.0. The summed E-state index contributed by atoms with van der Waals surface area (Å²) in [4.78, 5) is 0. The summed E-state index contributed by atoms with van der Waals surface area (Å²) in [5.74, 6) is 0. The molecule has 0 radical (unpaired) electrons. The van der Waals surface area contributed by atoms with Gasteiger partial charge in [0.15, 0.2) is 0 Å². The highest BCUT2D eigenvalue weighted by Gasteiger charge is 2.17. The van der Waals surface area contributed by atoms with E-state index in [0.717, 1.165) is 35.0 Å². The van der Waals surface area contributed by atoms with E-state index in [-0.39, 0.29) is 0 Å². The van der Waals surface area contributed by atoms with Crippen LogP contribution >= 0.6 is 11.6 Å². The number of nitrogens with zero attached hydrogens (tertiary/aromatic N) is 2. The SMILES string of the molecule is Clc1ccc(C2=NN(c3cccc(-c4ccccc4)c3)CC2)cc1. The normalized spacial score (nSPS) is 13.9. The van der Waals surface area contributed by atoms with Gasteiger partial charge in [-0.3, -0.25) is 5.01 Å². The molecule has 0 saturated carbocycles. The van der Waals surface area contributed by atoms with Gasteiger partial charge in [0.05, 0.1) is 11.4 Å². The maximum absolute atomic E-state index is 5.97. The molecule has 2 nitrogen and oxygen atoms in total. The van der Waals surface area contributed by atoms with Crippen LogP contribution in [0.3, 0.4) is 0 Å². The van der Waals surface area contributed by atoms with Crippen molar-refractivity contribution < 1.29 is 0 Å². The summed E-state index contributed by atoms with van der Waals surface area (Å²) in [5, 5.41) is 7.63. The van der Waals surface area contributed by atoms with E-state index in [0.29, 0.717) is 0 Å². The van der Waals surface area contributed by atoms with Crippen LogP contribution in [0, 0.1) is 0 Å². The zero-order valence-electron chi connectivity index (χ0n) is 13.2. The van der Waals surface area contributed by atoms with Crippen LogP contribution in [0.15, 0.2) is 84.0 Å². The van der Waals surface area contributed by atoms with Crippen molar-refractivity contribution in [2.75, 3.05) is 11.6 Å². The Bertz CT molecular complexity index is 870. The van der Waals surface area contributed by atoms with Gasteiger partial charge in [0.2, 0.25) is 0 Å². The molecule has 0 amide bonds. The van der Waals surface area contributed by atoms with Gasteiger partial charge in [-0.15, -0.1) is 0 Å². The minimum absolute atomic E-state index is 0.754. The summed E-state index contributed by atoms with van der Waals surface area (Å²) in [6.07, 6.45) is 0.942. The van der Waals surface area contributed by atoms with Crippen LogP contribution in [0.4, 0.5) is 5.69 Å². The first-order valence-electron chi connectivity index (χ1n) is 8.06. The summed E-state index contributed by atoms with van der Waals surface area (Å²) < 4.78 is 0. The zero-order chi connectivity index (χ0) is 16.4. The number of hydrogen-bond donors (Lipinski definition) is 0. The highest BCUT2D eigenvalue weighted by Crippen LogP contribution is 2.27. The predicted octanol–water partition coefficient (Wildman–Crippen LogP) is 5.62. The molecule has 0 fully saturated rings. The van der Waals surface area contributed by atoms with Gasteiger partial charge in [0.25, 0.3) is 0 Å². The lowest BCUT2D eigenvalue weighted by molar-refractivity contribution is 0.922. The molecule has 0 N–H and O–H groups in total. The van der Waals surface area contributed by atoms with Gasteiger partial charge < -0.3 is 0 Å². The second-order valence-electron chi connectivity index (χ2n) is 5.84. The molecule has 1 aliphatic rings. The van der Waals surface area contributed by atoms with Crippen LogP contribution in [0.1, 0.15) is 12.0 Å². The average molecular weight is 333 g/mol. The summed E-state index contributed by atoms with van der Waals surface area (Å²) in [6.45, 7) is 0.899. The van der Waals surface area contributed by atoms with E-state index in [9.17, 15) is 0 Å². The van der Waals surface area contributed by atoms with Crippen LogP contribution in [0.25, 0.3) is 11.1 Å². The lowest BCUT2D eigenvalue weighted by atomic mass is 10.1. The van der Waals surface area contributed by atoms with Crippen molar-refractivity contribution in [2.45, 2.75) is 6.42 Å². The monoisotopic (exact) mass is 332 g/mol. The van der Waals surface area contributed by atoms with Gasteiger partial charge in [0, 0.05) is 18.0 Å². The molecule has 0 bridgehead atoms. The molecule has 24 heavy (non-hydrogen) atoms. The Morgan fingerprint density at radius 1 is 0.750 bits per heavy atom. The number of hydrogen-bond acceptors (Lipinski definition) is 2. The third kappa shape index (κ3) is 3.06. The van der Waals surface area contributed by atoms with Gasteiger partial charge in [-0.1, -0.05) is 66.2 Å². The standard InChI is InChI=1S/C21H17ClN2/c22-19-11-9-17(10-12-19)21-13-14-24(23-21)20-8-4-7-18(15-20)16-5-2-1-3-6-16/h1-12,15H,13-14H2. The summed E-state index contributed by atoms with van der Waals surface area (Å²) in [6, 6.07) is 26.9. The van der Waals surface area contributed by atoms with Crippen LogP contribution in [0.5, 0.6) is 0 Å². The topological polar surface area (TPSA) is 15.6 Å². The van der Waals surface area contributed by atoms with E-state index in [2.05, 4.69) is 53.5 Å². The molecule has 1 heterocycles. The molecule has 0 aliphatic carbocycles. The van der Waals surface area contributed by atoms with Crippen LogP contribution in [-0.4, -0.2) is 12.3 Å². The Morgan fingerprint density at radius 2 is 1.50 bits per heavy atom. The minimum atomic E-state index is 0.754. The quantitative estimate of drug-likeness (QED) is 0.607. The molecule has 118 valence electrons.